The summed E-state index contributed by atoms with van der Waals surface area (Å²) in [7, 11) is 5.63. The third-order valence-electron chi connectivity index (χ3n) is 4.62. The normalized spacial score (nSPS) is 12.0. The van der Waals surface area contributed by atoms with Gasteiger partial charge in [0.1, 0.15) is 5.75 Å². The minimum atomic E-state index is -0.229. The van der Waals surface area contributed by atoms with Crippen molar-refractivity contribution in [3.8, 4) is 5.75 Å². The van der Waals surface area contributed by atoms with Gasteiger partial charge >= 0.3 is 6.03 Å². The van der Waals surface area contributed by atoms with Gasteiger partial charge in [-0.1, -0.05) is 54.6 Å². The lowest BCUT2D eigenvalue weighted by molar-refractivity contribution is 0.242. The van der Waals surface area contributed by atoms with Crippen LogP contribution in [0, 0.1) is 0 Å². The molecular formula is C22H25N3O2. The summed E-state index contributed by atoms with van der Waals surface area (Å²) in [4.78, 5) is 14.6. The molecule has 5 heteroatoms. The number of fused-ring (bicyclic) bond motifs is 1. The molecule has 0 aromatic heterocycles. The number of ether oxygens (including phenoxy) is 1. The van der Waals surface area contributed by atoms with Gasteiger partial charge in [-0.2, -0.15) is 0 Å². The maximum atomic E-state index is 12.5. The number of rotatable bonds is 6. The fraction of sp³-hybridized carbons (Fsp3) is 0.227. The molecule has 1 atom stereocenters. The van der Waals surface area contributed by atoms with Crippen LogP contribution in [0.1, 0.15) is 11.6 Å². The van der Waals surface area contributed by atoms with Crippen molar-refractivity contribution in [3.05, 3.63) is 72.3 Å². The van der Waals surface area contributed by atoms with Gasteiger partial charge < -0.3 is 20.3 Å². The van der Waals surface area contributed by atoms with E-state index in [9.17, 15) is 4.79 Å². The van der Waals surface area contributed by atoms with Crippen LogP contribution in [-0.4, -0.2) is 38.7 Å². The van der Waals surface area contributed by atoms with Crippen LogP contribution in [0.25, 0.3) is 10.8 Å². The molecule has 3 rings (SSSR count). The molecule has 27 heavy (non-hydrogen) atoms. The van der Waals surface area contributed by atoms with Crippen LogP contribution < -0.4 is 15.4 Å². The zero-order valence-electron chi connectivity index (χ0n) is 15.9. The lowest BCUT2D eigenvalue weighted by Gasteiger charge is -2.26. The average Bonchev–Trinajstić information content (AvgIpc) is 2.68. The molecule has 0 aliphatic rings. The molecule has 0 heterocycles. The summed E-state index contributed by atoms with van der Waals surface area (Å²) >= 11 is 0. The van der Waals surface area contributed by atoms with E-state index in [-0.39, 0.29) is 12.1 Å². The van der Waals surface area contributed by atoms with Gasteiger partial charge in [0.05, 0.1) is 18.8 Å². The van der Waals surface area contributed by atoms with Crippen LogP contribution in [0.2, 0.25) is 0 Å². The lowest BCUT2D eigenvalue weighted by atomic mass is 10.0. The van der Waals surface area contributed by atoms with Gasteiger partial charge in [-0.15, -0.1) is 0 Å². The Bertz CT molecular complexity index is 919. The summed E-state index contributed by atoms with van der Waals surface area (Å²) in [6.07, 6.45) is 0. The summed E-state index contributed by atoms with van der Waals surface area (Å²) in [5, 5.41) is 8.05. The molecule has 0 radical (unpaired) electrons. The van der Waals surface area contributed by atoms with Crippen molar-refractivity contribution in [2.45, 2.75) is 6.04 Å². The van der Waals surface area contributed by atoms with E-state index in [1.165, 1.54) is 0 Å². The van der Waals surface area contributed by atoms with Gasteiger partial charge in [0.25, 0.3) is 0 Å². The SMILES string of the molecule is COc1ccccc1[C@H](CNC(=O)Nc1cccc2ccccc12)N(C)C. The van der Waals surface area contributed by atoms with Gasteiger partial charge in [0.15, 0.2) is 0 Å². The van der Waals surface area contributed by atoms with Crippen molar-refractivity contribution in [1.82, 2.24) is 10.2 Å². The van der Waals surface area contributed by atoms with Crippen LogP contribution in [0.3, 0.4) is 0 Å². The van der Waals surface area contributed by atoms with Crippen LogP contribution in [0.15, 0.2) is 66.7 Å². The molecule has 140 valence electrons. The minimum absolute atomic E-state index is 0.000539. The van der Waals surface area contributed by atoms with E-state index in [0.29, 0.717) is 6.54 Å². The number of methoxy groups -OCH3 is 1. The molecule has 0 aliphatic heterocycles. The number of nitrogens with one attached hydrogen (secondary N) is 2. The van der Waals surface area contributed by atoms with Gasteiger partial charge in [-0.3, -0.25) is 0 Å². The van der Waals surface area contributed by atoms with Crippen molar-refractivity contribution in [2.24, 2.45) is 0 Å². The number of urea groups is 1. The highest BCUT2D eigenvalue weighted by Crippen LogP contribution is 2.27. The Morgan fingerprint density at radius 1 is 1.00 bits per heavy atom. The molecule has 0 bridgehead atoms. The fourth-order valence-electron chi connectivity index (χ4n) is 3.20. The second-order valence-corrected chi connectivity index (χ2v) is 6.58. The third kappa shape index (κ3) is 4.38. The van der Waals surface area contributed by atoms with E-state index >= 15 is 0 Å². The summed E-state index contributed by atoms with van der Waals surface area (Å²) in [6, 6.07) is 21.5. The molecule has 0 fully saturated rings. The first-order valence-corrected chi connectivity index (χ1v) is 8.92. The van der Waals surface area contributed by atoms with Gasteiger partial charge in [-0.05, 0) is 31.6 Å². The van der Waals surface area contributed by atoms with Crippen molar-refractivity contribution < 1.29 is 9.53 Å². The Morgan fingerprint density at radius 3 is 2.48 bits per heavy atom. The summed E-state index contributed by atoms with van der Waals surface area (Å²) in [5.74, 6) is 0.812. The van der Waals surface area contributed by atoms with Crippen LogP contribution in [0.5, 0.6) is 5.75 Å². The Balaban J connectivity index is 1.71. The summed E-state index contributed by atoms with van der Waals surface area (Å²) in [6.45, 7) is 0.462. The predicted molar refractivity (Wildman–Crippen MR) is 110 cm³/mol. The Morgan fingerprint density at radius 2 is 1.70 bits per heavy atom. The van der Waals surface area contributed by atoms with E-state index in [4.69, 9.17) is 4.74 Å². The zero-order valence-corrected chi connectivity index (χ0v) is 15.9. The average molecular weight is 363 g/mol. The number of anilines is 1. The topological polar surface area (TPSA) is 53.6 Å². The first-order valence-electron chi connectivity index (χ1n) is 8.92. The number of likely N-dealkylation sites (N-methyl/N-ethyl adjacent to an activating group) is 1. The zero-order chi connectivity index (χ0) is 19.2. The van der Waals surface area contributed by atoms with Crippen molar-refractivity contribution in [1.29, 1.82) is 0 Å². The van der Waals surface area contributed by atoms with E-state index < -0.39 is 0 Å². The monoisotopic (exact) mass is 363 g/mol. The number of carbonyl (C=O) groups excluding carboxylic acids is 1. The van der Waals surface area contributed by atoms with E-state index in [2.05, 4.69) is 15.5 Å². The minimum Gasteiger partial charge on any atom is -0.496 e. The molecule has 0 saturated heterocycles. The first kappa shape index (κ1) is 18.7. The Kier molecular flexibility index (Phi) is 5.94. The molecule has 0 spiro atoms. The predicted octanol–water partition coefficient (Wildman–Crippen LogP) is 4.27. The number of benzene rings is 3. The van der Waals surface area contributed by atoms with E-state index in [0.717, 1.165) is 27.8 Å². The van der Waals surface area contributed by atoms with Crippen molar-refractivity contribution >= 4 is 22.5 Å². The molecule has 5 nitrogen and oxygen atoms in total. The fourth-order valence-corrected chi connectivity index (χ4v) is 3.20. The second kappa shape index (κ2) is 8.56. The summed E-state index contributed by atoms with van der Waals surface area (Å²) < 4.78 is 5.47. The van der Waals surface area contributed by atoms with E-state index in [1.807, 2.05) is 80.8 Å². The van der Waals surface area contributed by atoms with Gasteiger partial charge in [0, 0.05) is 17.5 Å². The standard InChI is InChI=1S/C22H25N3O2/c1-25(2)20(18-12-6-7-14-21(18)27-3)15-23-22(26)24-19-13-8-10-16-9-4-5-11-17(16)19/h4-14,20H,15H2,1-3H3,(H2,23,24,26)/t20-/m0/s1. The highest BCUT2D eigenvalue weighted by molar-refractivity contribution is 6.01. The smallest absolute Gasteiger partial charge is 0.319 e. The number of hydrogen-bond acceptors (Lipinski definition) is 3. The van der Waals surface area contributed by atoms with Crippen LogP contribution in [0.4, 0.5) is 10.5 Å². The molecule has 0 aliphatic carbocycles. The van der Waals surface area contributed by atoms with Gasteiger partial charge in [0.2, 0.25) is 0 Å². The number of amides is 2. The third-order valence-corrected chi connectivity index (χ3v) is 4.62. The lowest BCUT2D eigenvalue weighted by Crippen LogP contribution is -2.37. The Labute approximate surface area is 159 Å². The highest BCUT2D eigenvalue weighted by atomic mass is 16.5. The maximum Gasteiger partial charge on any atom is 0.319 e. The summed E-state index contributed by atoms with van der Waals surface area (Å²) in [5.41, 5.74) is 1.83. The number of nitrogens with zero attached hydrogens (tertiary/aromatic N) is 1. The number of carbonyl (C=O) groups is 1. The maximum absolute atomic E-state index is 12.5. The molecule has 0 saturated carbocycles. The van der Waals surface area contributed by atoms with Gasteiger partial charge in [-0.25, -0.2) is 4.79 Å². The van der Waals surface area contributed by atoms with Crippen molar-refractivity contribution in [2.75, 3.05) is 33.1 Å². The van der Waals surface area contributed by atoms with Crippen molar-refractivity contribution in [3.63, 3.8) is 0 Å². The number of hydrogen-bond donors (Lipinski definition) is 2. The van der Waals surface area contributed by atoms with Crippen LogP contribution in [-0.2, 0) is 0 Å². The number of para-hydroxylation sites is 1. The highest BCUT2D eigenvalue weighted by Gasteiger charge is 2.19. The molecule has 3 aromatic rings. The largest absolute Gasteiger partial charge is 0.496 e. The Hall–Kier alpha value is -3.05. The van der Waals surface area contributed by atoms with E-state index in [1.54, 1.807) is 7.11 Å². The molecule has 3 aromatic carbocycles. The molecule has 0 unspecified atom stereocenters. The first-order chi connectivity index (χ1) is 13.1. The van der Waals surface area contributed by atoms with Crippen LogP contribution >= 0.6 is 0 Å². The quantitative estimate of drug-likeness (QED) is 0.687. The second-order valence-electron chi connectivity index (χ2n) is 6.58. The molecular weight excluding hydrogens is 338 g/mol. The molecule has 2 N–H and O–H groups in total. The molecule has 2 amide bonds.